The summed E-state index contributed by atoms with van der Waals surface area (Å²) in [7, 11) is 0. The average molecular weight is 552 g/mol. The van der Waals surface area contributed by atoms with Crippen molar-refractivity contribution in [2.75, 3.05) is 0 Å². The number of benzene rings is 3. The van der Waals surface area contributed by atoms with Gasteiger partial charge in [0.05, 0.1) is 16.9 Å². The summed E-state index contributed by atoms with van der Waals surface area (Å²) < 4.78 is 1.94. The smallest absolute Gasteiger partial charge is 0.112 e. The van der Waals surface area contributed by atoms with Crippen LogP contribution in [0.5, 0.6) is 0 Å². The van der Waals surface area contributed by atoms with E-state index in [1.807, 2.05) is 53.6 Å². The van der Waals surface area contributed by atoms with Gasteiger partial charge in [0, 0.05) is 41.9 Å². The fourth-order valence-corrected chi connectivity index (χ4v) is 5.55. The molecule has 0 atom stereocenters. The van der Waals surface area contributed by atoms with Crippen molar-refractivity contribution in [3.63, 3.8) is 0 Å². The zero-order chi connectivity index (χ0) is 28.6. The summed E-state index contributed by atoms with van der Waals surface area (Å²) in [5, 5.41) is 7.29. The van der Waals surface area contributed by atoms with Gasteiger partial charge in [0.1, 0.15) is 5.69 Å². The minimum atomic E-state index is 0.830. The molecule has 0 aliphatic rings. The summed E-state index contributed by atoms with van der Waals surface area (Å²) in [6, 6.07) is 42.2. The normalized spacial score (nSPS) is 11.3. The van der Waals surface area contributed by atoms with Gasteiger partial charge in [-0.2, -0.15) is 5.10 Å². The van der Waals surface area contributed by atoms with Gasteiger partial charge in [0.2, 0.25) is 0 Å². The Morgan fingerprint density at radius 3 is 1.53 bits per heavy atom. The van der Waals surface area contributed by atoms with Crippen LogP contribution in [0.2, 0.25) is 0 Å². The predicted molar refractivity (Wildman–Crippen MR) is 173 cm³/mol. The van der Waals surface area contributed by atoms with Crippen LogP contribution in [0, 0.1) is 0 Å². The summed E-state index contributed by atoms with van der Waals surface area (Å²) in [4.78, 5) is 13.4. The number of pyridine rings is 4. The first-order chi connectivity index (χ1) is 21.3. The van der Waals surface area contributed by atoms with E-state index in [1.165, 1.54) is 5.39 Å². The number of aromatic nitrogens is 5. The molecule has 0 fully saturated rings. The molecule has 43 heavy (non-hydrogen) atoms. The van der Waals surface area contributed by atoms with Crippen molar-refractivity contribution in [1.82, 2.24) is 24.6 Å². The van der Waals surface area contributed by atoms with E-state index in [0.717, 1.165) is 66.9 Å². The third kappa shape index (κ3) is 4.83. The Kier molecular flexibility index (Phi) is 6.05. The molecule has 0 aliphatic heterocycles. The molecule has 5 aromatic heterocycles. The van der Waals surface area contributed by atoms with Gasteiger partial charge < -0.3 is 0 Å². The number of fused-ring (bicyclic) bond motifs is 2. The Balaban J connectivity index is 1.24. The fraction of sp³-hybridized carbons (Fsp3) is 0. The summed E-state index contributed by atoms with van der Waals surface area (Å²) >= 11 is 0. The molecule has 0 radical (unpaired) electrons. The molecule has 0 spiro atoms. The molecule has 5 nitrogen and oxygen atoms in total. The molecule has 0 amide bonds. The van der Waals surface area contributed by atoms with Crippen molar-refractivity contribution in [3.8, 4) is 56.0 Å². The van der Waals surface area contributed by atoms with E-state index < -0.39 is 0 Å². The van der Waals surface area contributed by atoms with Crippen LogP contribution >= 0.6 is 0 Å². The van der Waals surface area contributed by atoms with Crippen LogP contribution in [0.4, 0.5) is 0 Å². The Hall–Kier alpha value is -5.94. The quantitative estimate of drug-likeness (QED) is 0.214. The SMILES string of the molecule is c1ccc2cn3nc(-c4cc(-c5ccc(-c6ccncc6)cc5)cc(-c5ccc(-c6ccncc6)cc5)n4)cc3cc2c1. The number of nitrogens with zero attached hydrogens (tertiary/aromatic N) is 5. The molecule has 0 N–H and O–H groups in total. The third-order valence-corrected chi connectivity index (χ3v) is 7.84. The highest BCUT2D eigenvalue weighted by molar-refractivity contribution is 5.86. The molecule has 0 bridgehead atoms. The van der Waals surface area contributed by atoms with Gasteiger partial charge in [0.25, 0.3) is 0 Å². The molecule has 202 valence electrons. The van der Waals surface area contributed by atoms with Crippen molar-refractivity contribution in [2.45, 2.75) is 0 Å². The van der Waals surface area contributed by atoms with E-state index in [9.17, 15) is 0 Å². The zero-order valence-corrected chi connectivity index (χ0v) is 23.2. The molecule has 0 saturated carbocycles. The minimum Gasteiger partial charge on any atom is -0.265 e. The van der Waals surface area contributed by atoms with Gasteiger partial charge in [-0.1, -0.05) is 72.8 Å². The molecule has 8 aromatic rings. The summed E-state index contributed by atoms with van der Waals surface area (Å²) in [6.45, 7) is 0. The van der Waals surface area contributed by atoms with Crippen LogP contribution in [0.1, 0.15) is 0 Å². The monoisotopic (exact) mass is 551 g/mol. The van der Waals surface area contributed by atoms with Crippen LogP contribution in [0.3, 0.4) is 0 Å². The van der Waals surface area contributed by atoms with Crippen molar-refractivity contribution in [1.29, 1.82) is 0 Å². The molecule has 3 aromatic carbocycles. The molecular weight excluding hydrogens is 526 g/mol. The van der Waals surface area contributed by atoms with Crippen LogP contribution < -0.4 is 0 Å². The molecule has 0 unspecified atom stereocenters. The zero-order valence-electron chi connectivity index (χ0n) is 23.2. The molecular formula is C38H25N5. The fourth-order valence-electron chi connectivity index (χ4n) is 5.55. The summed E-state index contributed by atoms with van der Waals surface area (Å²) in [6.07, 6.45) is 9.36. The summed E-state index contributed by atoms with van der Waals surface area (Å²) in [5.74, 6) is 0. The largest absolute Gasteiger partial charge is 0.265 e. The van der Waals surface area contributed by atoms with Gasteiger partial charge in [-0.3, -0.25) is 9.97 Å². The lowest BCUT2D eigenvalue weighted by molar-refractivity contribution is 0.970. The Morgan fingerprint density at radius 2 is 0.907 bits per heavy atom. The first-order valence-corrected chi connectivity index (χ1v) is 14.2. The van der Waals surface area contributed by atoms with Crippen LogP contribution in [-0.2, 0) is 0 Å². The number of rotatable bonds is 5. The number of hydrogen-bond acceptors (Lipinski definition) is 4. The van der Waals surface area contributed by atoms with E-state index in [1.54, 1.807) is 0 Å². The molecule has 0 aliphatic carbocycles. The standard InChI is InChI=1S/C38H25N5/c1-2-4-33-25-43-35(21-32(33)3-1)24-38(42-43)37-23-34(28-7-5-26(6-8-28)29-13-17-39-18-14-29)22-36(41-37)31-11-9-27(10-12-31)30-15-19-40-20-16-30/h1-25H. The van der Waals surface area contributed by atoms with Crippen molar-refractivity contribution < 1.29 is 0 Å². The lowest BCUT2D eigenvalue weighted by atomic mass is 9.98. The average Bonchev–Trinajstić information content (AvgIpc) is 3.51. The maximum absolute atomic E-state index is 5.14. The summed E-state index contributed by atoms with van der Waals surface area (Å²) in [5.41, 5.74) is 11.4. The maximum Gasteiger partial charge on any atom is 0.112 e. The van der Waals surface area contributed by atoms with Crippen LogP contribution in [-0.4, -0.2) is 24.6 Å². The van der Waals surface area contributed by atoms with Crippen LogP contribution in [0.25, 0.3) is 72.3 Å². The Bertz CT molecular complexity index is 2050. The Labute approximate surface area is 248 Å². The van der Waals surface area contributed by atoms with E-state index in [-0.39, 0.29) is 0 Å². The van der Waals surface area contributed by atoms with Crippen molar-refractivity contribution in [3.05, 3.63) is 152 Å². The first kappa shape index (κ1) is 24.8. The lowest BCUT2D eigenvalue weighted by Gasteiger charge is -2.10. The molecule has 5 heterocycles. The highest BCUT2D eigenvalue weighted by atomic mass is 15.2. The minimum absolute atomic E-state index is 0.830. The van der Waals surface area contributed by atoms with Gasteiger partial charge in [-0.25, -0.2) is 9.50 Å². The second-order valence-corrected chi connectivity index (χ2v) is 10.6. The number of hydrogen-bond donors (Lipinski definition) is 0. The van der Waals surface area contributed by atoms with Crippen molar-refractivity contribution in [2.24, 2.45) is 0 Å². The van der Waals surface area contributed by atoms with E-state index in [4.69, 9.17) is 10.1 Å². The second-order valence-electron chi connectivity index (χ2n) is 10.6. The van der Waals surface area contributed by atoms with Gasteiger partial charge in [-0.05, 0) is 87.3 Å². The van der Waals surface area contributed by atoms with Gasteiger partial charge in [-0.15, -0.1) is 0 Å². The van der Waals surface area contributed by atoms with Crippen LogP contribution in [0.15, 0.2) is 152 Å². The molecule has 8 rings (SSSR count). The highest BCUT2D eigenvalue weighted by Crippen LogP contribution is 2.33. The maximum atomic E-state index is 5.14. The van der Waals surface area contributed by atoms with E-state index >= 15 is 0 Å². The molecule has 0 saturated heterocycles. The van der Waals surface area contributed by atoms with Crippen molar-refractivity contribution >= 4 is 16.3 Å². The Morgan fingerprint density at radius 1 is 0.395 bits per heavy atom. The topological polar surface area (TPSA) is 56.0 Å². The lowest BCUT2D eigenvalue weighted by Crippen LogP contribution is -1.93. The molecule has 5 heteroatoms. The second kappa shape index (κ2) is 10.5. The van der Waals surface area contributed by atoms with E-state index in [2.05, 4.69) is 113 Å². The highest BCUT2D eigenvalue weighted by Gasteiger charge is 2.13. The van der Waals surface area contributed by atoms with Gasteiger partial charge >= 0.3 is 0 Å². The first-order valence-electron chi connectivity index (χ1n) is 14.2. The van der Waals surface area contributed by atoms with E-state index in [0.29, 0.717) is 0 Å². The van der Waals surface area contributed by atoms with Gasteiger partial charge in [0.15, 0.2) is 0 Å². The third-order valence-electron chi connectivity index (χ3n) is 7.84. The predicted octanol–water partition coefficient (Wildman–Crippen LogP) is 9.01.